The third kappa shape index (κ3) is 3.47. The molecule has 1 aliphatic heterocycles. The van der Waals surface area contributed by atoms with E-state index in [1.807, 2.05) is 18.2 Å². The van der Waals surface area contributed by atoms with E-state index in [1.54, 1.807) is 12.0 Å². The molecule has 0 aliphatic carbocycles. The first kappa shape index (κ1) is 18.2. The molecule has 2 aromatic carbocycles. The van der Waals surface area contributed by atoms with Gasteiger partial charge in [0.1, 0.15) is 17.4 Å². The van der Waals surface area contributed by atoms with Crippen LogP contribution in [0, 0.1) is 11.6 Å². The number of methoxy groups -OCH3 is 1. The Morgan fingerprint density at radius 3 is 2.89 bits per heavy atom. The number of amides is 1. The monoisotopic (exact) mass is 384 g/mol. The maximum absolute atomic E-state index is 13.9. The fourth-order valence-electron chi connectivity index (χ4n) is 3.35. The Morgan fingerprint density at radius 2 is 2.11 bits per heavy atom. The Morgan fingerprint density at radius 1 is 1.25 bits per heavy atom. The number of nitrogens with zero attached hydrogens (tertiary/aromatic N) is 2. The van der Waals surface area contributed by atoms with Gasteiger partial charge in [-0.15, -0.1) is 0 Å². The molecule has 0 atom stereocenters. The highest BCUT2D eigenvalue weighted by Crippen LogP contribution is 2.32. The molecule has 0 unspecified atom stereocenters. The van der Waals surface area contributed by atoms with Crippen molar-refractivity contribution >= 4 is 11.6 Å². The summed E-state index contributed by atoms with van der Waals surface area (Å²) in [6.07, 6.45) is 2.68. The van der Waals surface area contributed by atoms with E-state index >= 15 is 0 Å². The van der Waals surface area contributed by atoms with Crippen LogP contribution in [0.4, 0.5) is 14.5 Å². The Labute approximate surface area is 160 Å². The van der Waals surface area contributed by atoms with Gasteiger partial charge in [-0.25, -0.2) is 13.8 Å². The van der Waals surface area contributed by atoms with Gasteiger partial charge < -0.3 is 14.1 Å². The van der Waals surface area contributed by atoms with Crippen LogP contribution < -0.4 is 9.64 Å². The number of hydrogen-bond acceptors (Lipinski definition) is 4. The second kappa shape index (κ2) is 7.42. The summed E-state index contributed by atoms with van der Waals surface area (Å²) in [6, 6.07) is 8.92. The highest BCUT2D eigenvalue weighted by Gasteiger charge is 2.25. The number of fused-ring (bicyclic) bond motifs is 1. The van der Waals surface area contributed by atoms with Gasteiger partial charge in [0.15, 0.2) is 11.7 Å². The summed E-state index contributed by atoms with van der Waals surface area (Å²) in [5.74, 6) is -0.0946. The van der Waals surface area contributed by atoms with Gasteiger partial charge in [0.05, 0.1) is 18.9 Å². The van der Waals surface area contributed by atoms with E-state index < -0.39 is 11.6 Å². The maximum Gasteiger partial charge on any atom is 0.227 e. The van der Waals surface area contributed by atoms with Crippen LogP contribution in [0.3, 0.4) is 0 Å². The van der Waals surface area contributed by atoms with Crippen LogP contribution in [0.2, 0.25) is 0 Å². The second-order valence-corrected chi connectivity index (χ2v) is 6.53. The zero-order valence-corrected chi connectivity index (χ0v) is 15.2. The highest BCUT2D eigenvalue weighted by atomic mass is 19.1. The molecule has 0 N–H and O–H groups in total. The quantitative estimate of drug-likeness (QED) is 0.663. The molecule has 0 spiro atoms. The fourth-order valence-corrected chi connectivity index (χ4v) is 3.35. The number of rotatable bonds is 5. The van der Waals surface area contributed by atoms with Gasteiger partial charge in [0.25, 0.3) is 0 Å². The van der Waals surface area contributed by atoms with Crippen LogP contribution in [-0.4, -0.2) is 24.5 Å². The van der Waals surface area contributed by atoms with Crippen molar-refractivity contribution in [2.45, 2.75) is 19.3 Å². The molecule has 0 fully saturated rings. The summed E-state index contributed by atoms with van der Waals surface area (Å²) in [5, 5.41) is 0. The van der Waals surface area contributed by atoms with Gasteiger partial charge >= 0.3 is 0 Å². The molecule has 1 aliphatic rings. The third-order valence-electron chi connectivity index (χ3n) is 4.79. The molecule has 4 rings (SSSR count). The van der Waals surface area contributed by atoms with E-state index in [0.29, 0.717) is 18.9 Å². The molecule has 5 nitrogen and oxygen atoms in total. The number of aryl methyl sites for hydroxylation is 1. The number of carbonyl (C=O) groups is 1. The number of carbonyl (C=O) groups excluding carboxylic acids is 1. The molecular formula is C21H18F2N2O3. The molecule has 1 amide bonds. The molecule has 2 heterocycles. The minimum atomic E-state index is -0.720. The smallest absolute Gasteiger partial charge is 0.227 e. The van der Waals surface area contributed by atoms with Gasteiger partial charge in [-0.1, -0.05) is 0 Å². The predicted octanol–water partition coefficient (Wildman–Crippen LogP) is 4.15. The number of halogens is 2. The SMILES string of the molecule is COc1ccc2c(c1)CCN2C(=O)CCc1ncc(-c2ccc(F)cc2F)o1. The standard InChI is InChI=1S/C21H18F2N2O3/c1-27-15-3-5-18-13(10-15)8-9-25(18)21(26)7-6-20-24-12-19(28-20)16-4-2-14(22)11-17(16)23/h2-5,10-12H,6-9H2,1H3. The van der Waals surface area contributed by atoms with Crippen molar-refractivity contribution in [1.82, 2.24) is 4.98 Å². The topological polar surface area (TPSA) is 55.6 Å². The molecular weight excluding hydrogens is 366 g/mol. The summed E-state index contributed by atoms with van der Waals surface area (Å²) in [4.78, 5) is 18.5. The van der Waals surface area contributed by atoms with Crippen LogP contribution in [0.15, 0.2) is 47.0 Å². The predicted molar refractivity (Wildman–Crippen MR) is 99.2 cm³/mol. The van der Waals surface area contributed by atoms with Crippen LogP contribution in [0.1, 0.15) is 17.9 Å². The van der Waals surface area contributed by atoms with Crippen molar-refractivity contribution in [3.8, 4) is 17.1 Å². The largest absolute Gasteiger partial charge is 0.497 e. The van der Waals surface area contributed by atoms with Crippen molar-refractivity contribution in [2.24, 2.45) is 0 Å². The number of anilines is 1. The summed E-state index contributed by atoms with van der Waals surface area (Å²) >= 11 is 0. The van der Waals surface area contributed by atoms with E-state index in [1.165, 1.54) is 12.3 Å². The van der Waals surface area contributed by atoms with Crippen LogP contribution in [-0.2, 0) is 17.6 Å². The fraction of sp³-hybridized carbons (Fsp3) is 0.238. The number of hydrogen-bond donors (Lipinski definition) is 0. The molecule has 0 radical (unpaired) electrons. The lowest BCUT2D eigenvalue weighted by molar-refractivity contribution is -0.118. The lowest BCUT2D eigenvalue weighted by atomic mass is 10.1. The Bertz CT molecular complexity index is 1030. The number of ether oxygens (including phenoxy) is 1. The molecule has 0 saturated carbocycles. The maximum atomic E-state index is 13.9. The highest BCUT2D eigenvalue weighted by molar-refractivity contribution is 5.95. The van der Waals surface area contributed by atoms with Crippen molar-refractivity contribution in [1.29, 1.82) is 0 Å². The van der Waals surface area contributed by atoms with E-state index in [9.17, 15) is 13.6 Å². The summed E-state index contributed by atoms with van der Waals surface area (Å²) in [7, 11) is 1.61. The first-order valence-electron chi connectivity index (χ1n) is 8.92. The number of aromatic nitrogens is 1. The zero-order valence-electron chi connectivity index (χ0n) is 15.2. The minimum absolute atomic E-state index is 0.0309. The lowest BCUT2D eigenvalue weighted by Gasteiger charge is -2.17. The minimum Gasteiger partial charge on any atom is -0.497 e. The van der Waals surface area contributed by atoms with Gasteiger partial charge in [-0.05, 0) is 42.3 Å². The Kier molecular flexibility index (Phi) is 4.81. The van der Waals surface area contributed by atoms with Crippen LogP contribution in [0.5, 0.6) is 5.75 Å². The summed E-state index contributed by atoms with van der Waals surface area (Å²) < 4.78 is 37.7. The molecule has 0 bridgehead atoms. The van der Waals surface area contributed by atoms with Gasteiger partial charge in [-0.3, -0.25) is 4.79 Å². The van der Waals surface area contributed by atoms with Gasteiger partial charge in [-0.2, -0.15) is 0 Å². The van der Waals surface area contributed by atoms with Crippen molar-refractivity contribution in [3.63, 3.8) is 0 Å². The van der Waals surface area contributed by atoms with Crippen LogP contribution in [0.25, 0.3) is 11.3 Å². The Balaban J connectivity index is 1.42. The number of benzene rings is 2. The van der Waals surface area contributed by atoms with E-state index in [2.05, 4.69) is 4.98 Å². The molecule has 1 aromatic heterocycles. The Hall–Kier alpha value is -3.22. The molecule has 28 heavy (non-hydrogen) atoms. The van der Waals surface area contributed by atoms with Gasteiger partial charge in [0.2, 0.25) is 5.91 Å². The lowest BCUT2D eigenvalue weighted by Crippen LogP contribution is -2.29. The molecule has 3 aromatic rings. The second-order valence-electron chi connectivity index (χ2n) is 6.53. The van der Waals surface area contributed by atoms with E-state index in [0.717, 1.165) is 35.6 Å². The van der Waals surface area contributed by atoms with Crippen molar-refractivity contribution in [3.05, 3.63) is 65.7 Å². The molecule has 7 heteroatoms. The van der Waals surface area contributed by atoms with Crippen molar-refractivity contribution < 1.29 is 22.7 Å². The average Bonchev–Trinajstić information content (AvgIpc) is 3.32. The van der Waals surface area contributed by atoms with E-state index in [4.69, 9.17) is 9.15 Å². The third-order valence-corrected chi connectivity index (χ3v) is 4.79. The normalized spacial score (nSPS) is 12.9. The molecule has 144 valence electrons. The van der Waals surface area contributed by atoms with Crippen LogP contribution >= 0.6 is 0 Å². The van der Waals surface area contributed by atoms with Gasteiger partial charge in [0, 0.05) is 31.1 Å². The summed E-state index contributed by atoms with van der Waals surface area (Å²) in [5.41, 5.74) is 2.11. The first-order chi connectivity index (χ1) is 13.5. The van der Waals surface area contributed by atoms with Crippen molar-refractivity contribution in [2.75, 3.05) is 18.6 Å². The van der Waals surface area contributed by atoms with E-state index in [-0.39, 0.29) is 23.7 Å². The summed E-state index contributed by atoms with van der Waals surface area (Å²) in [6.45, 7) is 0.624. The number of oxazole rings is 1. The molecule has 0 saturated heterocycles. The first-order valence-corrected chi connectivity index (χ1v) is 8.92. The zero-order chi connectivity index (χ0) is 19.7. The average molecular weight is 384 g/mol.